The van der Waals surface area contributed by atoms with Crippen molar-refractivity contribution in [1.29, 1.82) is 0 Å². The average Bonchev–Trinajstić information content (AvgIpc) is 2.46. The number of carboxylic acid groups (broad SMARTS) is 1. The highest BCUT2D eigenvalue weighted by Gasteiger charge is 2.36. The number of carboxylic acids is 1. The Morgan fingerprint density at radius 3 is 2.64 bits per heavy atom. The van der Waals surface area contributed by atoms with Gasteiger partial charge in [-0.15, -0.1) is 0 Å². The summed E-state index contributed by atoms with van der Waals surface area (Å²) in [4.78, 5) is 11.3. The van der Waals surface area contributed by atoms with E-state index in [0.717, 1.165) is 0 Å². The van der Waals surface area contributed by atoms with E-state index in [-0.39, 0.29) is 17.4 Å². The molecule has 0 bridgehead atoms. The topological polar surface area (TPSA) is 83.9 Å². The van der Waals surface area contributed by atoms with E-state index in [9.17, 15) is 18.3 Å². The molecule has 1 aromatic rings. The largest absolute Gasteiger partial charge is 0.496 e. The Labute approximate surface area is 138 Å². The Morgan fingerprint density at radius 2 is 2.09 bits per heavy atom. The van der Waals surface area contributed by atoms with Crippen LogP contribution in [0.25, 0.3) is 0 Å². The first kappa shape index (κ1) is 17.2. The van der Waals surface area contributed by atoms with Crippen molar-refractivity contribution >= 4 is 31.9 Å². The van der Waals surface area contributed by atoms with Gasteiger partial charge in [0.1, 0.15) is 5.75 Å². The van der Waals surface area contributed by atoms with Crippen LogP contribution in [0, 0.1) is 11.8 Å². The number of aliphatic carboxylic acids is 1. The lowest BCUT2D eigenvalue weighted by atomic mass is 9.92. The molecule has 0 saturated carbocycles. The van der Waals surface area contributed by atoms with Crippen molar-refractivity contribution in [3.05, 3.63) is 22.7 Å². The van der Waals surface area contributed by atoms with E-state index in [0.29, 0.717) is 23.2 Å². The molecule has 2 unspecified atom stereocenters. The minimum atomic E-state index is -3.72. The molecule has 122 valence electrons. The summed E-state index contributed by atoms with van der Waals surface area (Å²) in [5.74, 6) is -1.08. The molecule has 0 spiro atoms. The number of rotatable bonds is 4. The second kappa shape index (κ2) is 6.55. The van der Waals surface area contributed by atoms with Gasteiger partial charge in [-0.2, -0.15) is 4.31 Å². The van der Waals surface area contributed by atoms with Crippen LogP contribution in [-0.2, 0) is 14.8 Å². The maximum absolute atomic E-state index is 12.7. The van der Waals surface area contributed by atoms with Gasteiger partial charge >= 0.3 is 5.97 Å². The molecule has 0 amide bonds. The number of hydrogen-bond donors (Lipinski definition) is 1. The van der Waals surface area contributed by atoms with Crippen LogP contribution in [-0.4, -0.2) is 44.0 Å². The third-order valence-electron chi connectivity index (χ3n) is 3.74. The number of sulfonamides is 1. The number of ether oxygens (including phenoxy) is 1. The molecule has 2 rings (SSSR count). The second-order valence-electron chi connectivity index (χ2n) is 5.49. The lowest BCUT2D eigenvalue weighted by Gasteiger charge is -2.33. The van der Waals surface area contributed by atoms with Crippen molar-refractivity contribution < 1.29 is 23.1 Å². The molecule has 1 heterocycles. The van der Waals surface area contributed by atoms with Crippen molar-refractivity contribution in [3.8, 4) is 5.75 Å². The van der Waals surface area contributed by atoms with Gasteiger partial charge in [-0.25, -0.2) is 8.42 Å². The molecule has 6 nitrogen and oxygen atoms in total. The maximum atomic E-state index is 12.7. The van der Waals surface area contributed by atoms with Crippen LogP contribution in [0.2, 0.25) is 0 Å². The summed E-state index contributed by atoms with van der Waals surface area (Å²) in [5.41, 5.74) is 0. The van der Waals surface area contributed by atoms with Gasteiger partial charge < -0.3 is 9.84 Å². The highest BCUT2D eigenvalue weighted by atomic mass is 79.9. The smallest absolute Gasteiger partial charge is 0.307 e. The van der Waals surface area contributed by atoms with Gasteiger partial charge in [-0.1, -0.05) is 6.92 Å². The molecule has 1 aromatic carbocycles. The fraction of sp³-hybridized carbons (Fsp3) is 0.500. The molecule has 0 aromatic heterocycles. The Bertz CT molecular complexity index is 676. The van der Waals surface area contributed by atoms with Gasteiger partial charge in [0.15, 0.2) is 0 Å². The minimum Gasteiger partial charge on any atom is -0.496 e. The fourth-order valence-electron chi connectivity index (χ4n) is 2.63. The molecule has 0 aliphatic carbocycles. The SMILES string of the molecule is COc1ccc(S(=O)(=O)N2CC(C)CC(C(=O)O)C2)cc1Br. The van der Waals surface area contributed by atoms with E-state index in [1.807, 2.05) is 6.92 Å². The highest BCUT2D eigenvalue weighted by molar-refractivity contribution is 9.10. The molecule has 1 N–H and O–H groups in total. The van der Waals surface area contributed by atoms with Gasteiger partial charge in [-0.3, -0.25) is 4.79 Å². The molecule has 1 saturated heterocycles. The number of piperidine rings is 1. The number of benzene rings is 1. The normalized spacial score (nSPS) is 23.2. The lowest BCUT2D eigenvalue weighted by molar-refractivity contribution is -0.143. The van der Waals surface area contributed by atoms with Crippen molar-refractivity contribution in [2.24, 2.45) is 11.8 Å². The van der Waals surface area contributed by atoms with Crippen LogP contribution in [0.15, 0.2) is 27.6 Å². The maximum Gasteiger partial charge on any atom is 0.307 e. The van der Waals surface area contributed by atoms with Crippen LogP contribution in [0.5, 0.6) is 5.75 Å². The Hall–Kier alpha value is -1.12. The van der Waals surface area contributed by atoms with Gasteiger partial charge in [0.25, 0.3) is 0 Å². The van der Waals surface area contributed by atoms with Gasteiger partial charge in [0.2, 0.25) is 10.0 Å². The molecular formula is C14H18BrNO5S. The summed E-state index contributed by atoms with van der Waals surface area (Å²) < 4.78 is 32.3. The van der Waals surface area contributed by atoms with Crippen LogP contribution in [0.4, 0.5) is 0 Å². The van der Waals surface area contributed by atoms with E-state index >= 15 is 0 Å². The van der Waals surface area contributed by atoms with E-state index in [1.165, 1.54) is 23.5 Å². The molecule has 1 fully saturated rings. The van der Waals surface area contributed by atoms with Crippen LogP contribution in [0.3, 0.4) is 0 Å². The average molecular weight is 392 g/mol. The predicted octanol–water partition coefficient (Wildman–Crippen LogP) is 2.19. The van der Waals surface area contributed by atoms with Gasteiger partial charge in [0.05, 0.1) is 22.4 Å². The highest BCUT2D eigenvalue weighted by Crippen LogP contribution is 2.31. The van der Waals surface area contributed by atoms with Gasteiger partial charge in [-0.05, 0) is 46.5 Å². The molecule has 1 aliphatic heterocycles. The predicted molar refractivity (Wildman–Crippen MR) is 84.4 cm³/mol. The summed E-state index contributed by atoms with van der Waals surface area (Å²) in [6.07, 6.45) is 0.494. The third kappa shape index (κ3) is 3.44. The van der Waals surface area contributed by atoms with Gasteiger partial charge in [0, 0.05) is 13.1 Å². The summed E-state index contributed by atoms with van der Waals surface area (Å²) in [7, 11) is -2.23. The second-order valence-corrected chi connectivity index (χ2v) is 8.29. The van der Waals surface area contributed by atoms with Crippen molar-refractivity contribution in [2.45, 2.75) is 18.2 Å². The number of hydrogen-bond acceptors (Lipinski definition) is 4. The number of nitrogens with zero attached hydrogens (tertiary/aromatic N) is 1. The summed E-state index contributed by atoms with van der Waals surface area (Å²) in [5, 5.41) is 9.18. The molecule has 2 atom stereocenters. The molecule has 8 heteroatoms. The van der Waals surface area contributed by atoms with E-state index in [1.54, 1.807) is 6.07 Å². The number of halogens is 1. The standard InChI is InChI=1S/C14H18BrNO5S/c1-9-5-10(14(17)18)8-16(7-9)22(19,20)11-3-4-13(21-2)12(15)6-11/h3-4,6,9-10H,5,7-8H2,1-2H3,(H,17,18). The van der Waals surface area contributed by atoms with E-state index in [2.05, 4.69) is 15.9 Å². The van der Waals surface area contributed by atoms with E-state index in [4.69, 9.17) is 4.74 Å². The summed E-state index contributed by atoms with van der Waals surface area (Å²) >= 11 is 3.27. The quantitative estimate of drug-likeness (QED) is 0.849. The molecular weight excluding hydrogens is 374 g/mol. The number of methoxy groups -OCH3 is 1. The van der Waals surface area contributed by atoms with E-state index < -0.39 is 21.9 Å². The zero-order valence-electron chi connectivity index (χ0n) is 12.3. The number of carbonyl (C=O) groups is 1. The first-order valence-electron chi connectivity index (χ1n) is 6.82. The first-order chi connectivity index (χ1) is 10.3. The molecule has 22 heavy (non-hydrogen) atoms. The first-order valence-corrected chi connectivity index (χ1v) is 9.05. The molecule has 0 radical (unpaired) electrons. The fourth-order valence-corrected chi connectivity index (χ4v) is 4.96. The minimum absolute atomic E-state index is 0.00561. The molecule has 1 aliphatic rings. The Morgan fingerprint density at radius 1 is 1.41 bits per heavy atom. The Kier molecular flexibility index (Phi) is 5.14. The third-order valence-corrected chi connectivity index (χ3v) is 6.18. The van der Waals surface area contributed by atoms with Crippen LogP contribution in [0.1, 0.15) is 13.3 Å². The van der Waals surface area contributed by atoms with Crippen molar-refractivity contribution in [1.82, 2.24) is 4.31 Å². The van der Waals surface area contributed by atoms with Crippen molar-refractivity contribution in [2.75, 3.05) is 20.2 Å². The monoisotopic (exact) mass is 391 g/mol. The van der Waals surface area contributed by atoms with Crippen LogP contribution >= 0.6 is 15.9 Å². The van der Waals surface area contributed by atoms with Crippen LogP contribution < -0.4 is 4.74 Å². The lowest BCUT2D eigenvalue weighted by Crippen LogP contribution is -2.45. The zero-order valence-corrected chi connectivity index (χ0v) is 14.7. The zero-order chi connectivity index (χ0) is 16.5. The summed E-state index contributed by atoms with van der Waals surface area (Å²) in [6, 6.07) is 4.51. The summed E-state index contributed by atoms with van der Waals surface area (Å²) in [6.45, 7) is 2.20. The Balaban J connectivity index is 2.33. The van der Waals surface area contributed by atoms with Crippen molar-refractivity contribution in [3.63, 3.8) is 0 Å².